The Kier molecular flexibility index (Phi) is 3.15. The van der Waals surface area contributed by atoms with Gasteiger partial charge in [-0.15, -0.1) is 11.3 Å². The molecule has 1 atom stereocenters. The number of aliphatic hydroxyl groups excluding tert-OH is 1. The van der Waals surface area contributed by atoms with Gasteiger partial charge in [0.05, 0.1) is 12.1 Å². The molecule has 2 heterocycles. The molecule has 1 unspecified atom stereocenters. The summed E-state index contributed by atoms with van der Waals surface area (Å²) in [4.78, 5) is 17.2. The van der Waals surface area contributed by atoms with Crippen LogP contribution in [0.25, 0.3) is 4.96 Å². The van der Waals surface area contributed by atoms with Crippen molar-refractivity contribution in [1.82, 2.24) is 9.38 Å². The summed E-state index contributed by atoms with van der Waals surface area (Å²) in [7, 11) is 0. The van der Waals surface area contributed by atoms with Crippen LogP contribution in [0, 0.1) is 0 Å². The molecule has 0 radical (unpaired) electrons. The van der Waals surface area contributed by atoms with Gasteiger partial charge >= 0.3 is 0 Å². The van der Waals surface area contributed by atoms with Crippen LogP contribution in [0.15, 0.2) is 48.1 Å². The molecule has 19 heavy (non-hydrogen) atoms. The summed E-state index contributed by atoms with van der Waals surface area (Å²) < 4.78 is 1.88. The number of hydrogen-bond acceptors (Lipinski definition) is 4. The van der Waals surface area contributed by atoms with E-state index >= 15 is 0 Å². The number of imidazole rings is 1. The number of hydrogen-bond donors (Lipinski definition) is 1. The van der Waals surface area contributed by atoms with Crippen LogP contribution in [-0.2, 0) is 11.2 Å². The Morgan fingerprint density at radius 3 is 2.89 bits per heavy atom. The molecule has 0 fully saturated rings. The van der Waals surface area contributed by atoms with Gasteiger partial charge in [-0.25, -0.2) is 4.98 Å². The van der Waals surface area contributed by atoms with Crippen LogP contribution in [-0.4, -0.2) is 20.3 Å². The molecule has 0 amide bonds. The van der Waals surface area contributed by atoms with E-state index in [4.69, 9.17) is 0 Å². The lowest BCUT2D eigenvalue weighted by Gasteiger charge is -2.08. The minimum absolute atomic E-state index is 0.143. The van der Waals surface area contributed by atoms with Gasteiger partial charge in [0.1, 0.15) is 6.10 Å². The Morgan fingerprint density at radius 1 is 1.37 bits per heavy atom. The molecule has 1 aromatic carbocycles. The molecule has 0 aliphatic carbocycles. The van der Waals surface area contributed by atoms with Gasteiger partial charge in [-0.3, -0.25) is 9.20 Å². The molecule has 0 aliphatic rings. The first-order chi connectivity index (χ1) is 9.24. The number of ketones is 1. The van der Waals surface area contributed by atoms with Gasteiger partial charge in [0.15, 0.2) is 10.7 Å². The minimum atomic E-state index is -1.08. The van der Waals surface area contributed by atoms with Gasteiger partial charge in [0.2, 0.25) is 0 Å². The number of carbonyl (C=O) groups is 1. The van der Waals surface area contributed by atoms with E-state index < -0.39 is 6.10 Å². The number of nitrogens with zero attached hydrogens (tertiary/aromatic N) is 2. The average molecular weight is 272 g/mol. The van der Waals surface area contributed by atoms with E-state index in [2.05, 4.69) is 4.98 Å². The molecule has 4 nitrogen and oxygen atoms in total. The largest absolute Gasteiger partial charge is 0.381 e. The Bertz CT molecular complexity index is 674. The first-order valence-electron chi connectivity index (χ1n) is 5.91. The summed E-state index contributed by atoms with van der Waals surface area (Å²) in [6.45, 7) is 0. The van der Waals surface area contributed by atoms with E-state index in [1.807, 2.05) is 28.2 Å². The molecule has 3 aromatic rings. The summed E-state index contributed by atoms with van der Waals surface area (Å²) in [5.41, 5.74) is 1.31. The second kappa shape index (κ2) is 4.95. The zero-order valence-electron chi connectivity index (χ0n) is 10.1. The monoisotopic (exact) mass is 272 g/mol. The van der Waals surface area contributed by atoms with Crippen molar-refractivity contribution in [3.63, 3.8) is 0 Å². The van der Waals surface area contributed by atoms with Crippen molar-refractivity contribution in [1.29, 1.82) is 0 Å². The average Bonchev–Trinajstić information content (AvgIpc) is 2.99. The van der Waals surface area contributed by atoms with Crippen LogP contribution in [0.2, 0.25) is 0 Å². The Labute approximate surface area is 114 Å². The number of aromatic nitrogens is 2. The third kappa shape index (κ3) is 2.43. The smallest absolute Gasteiger partial charge is 0.193 e. The first kappa shape index (κ1) is 12.1. The second-order valence-corrected chi connectivity index (χ2v) is 5.15. The summed E-state index contributed by atoms with van der Waals surface area (Å²) in [5, 5.41) is 11.9. The number of carbonyl (C=O) groups excluding carboxylic acids is 1. The van der Waals surface area contributed by atoms with Crippen LogP contribution in [0.4, 0.5) is 0 Å². The van der Waals surface area contributed by atoms with E-state index in [9.17, 15) is 9.90 Å². The van der Waals surface area contributed by atoms with Crippen LogP contribution < -0.4 is 0 Å². The van der Waals surface area contributed by atoms with Gasteiger partial charge in [0, 0.05) is 17.8 Å². The van der Waals surface area contributed by atoms with Gasteiger partial charge in [0.25, 0.3) is 0 Å². The van der Waals surface area contributed by atoms with Crippen molar-refractivity contribution < 1.29 is 9.90 Å². The van der Waals surface area contributed by atoms with Crippen molar-refractivity contribution in [2.24, 2.45) is 0 Å². The van der Waals surface area contributed by atoms with Gasteiger partial charge in [-0.1, -0.05) is 30.3 Å². The highest BCUT2D eigenvalue weighted by atomic mass is 32.1. The third-order valence-electron chi connectivity index (χ3n) is 2.92. The van der Waals surface area contributed by atoms with E-state index in [-0.39, 0.29) is 12.2 Å². The maximum atomic E-state index is 12.0. The quantitative estimate of drug-likeness (QED) is 0.792. The summed E-state index contributed by atoms with van der Waals surface area (Å²) in [6.07, 6.45) is 2.78. The Hall–Kier alpha value is -1.98. The highest BCUT2D eigenvalue weighted by Gasteiger charge is 2.18. The van der Waals surface area contributed by atoms with Crippen LogP contribution in [0.3, 0.4) is 0 Å². The highest BCUT2D eigenvalue weighted by Crippen LogP contribution is 2.17. The standard InChI is InChI=1S/C14H12N2O2S/c17-12(13(18)10-4-2-1-3-5-10)8-11-9-16-6-7-19-14(16)15-11/h1-7,9,13,18H,8H2. The topological polar surface area (TPSA) is 54.6 Å². The van der Waals surface area contributed by atoms with Crippen molar-refractivity contribution in [3.8, 4) is 0 Å². The molecule has 0 spiro atoms. The van der Waals surface area contributed by atoms with Crippen LogP contribution in [0.1, 0.15) is 17.4 Å². The molecular weight excluding hydrogens is 260 g/mol. The van der Waals surface area contributed by atoms with E-state index in [0.29, 0.717) is 11.3 Å². The molecule has 0 aliphatic heterocycles. The molecule has 96 valence electrons. The van der Waals surface area contributed by atoms with Crippen molar-refractivity contribution in [2.75, 3.05) is 0 Å². The zero-order valence-corrected chi connectivity index (χ0v) is 10.9. The van der Waals surface area contributed by atoms with E-state index in [1.54, 1.807) is 24.3 Å². The normalized spacial score (nSPS) is 12.7. The molecular formula is C14H12N2O2S. The lowest BCUT2D eigenvalue weighted by atomic mass is 10.0. The van der Waals surface area contributed by atoms with E-state index in [0.717, 1.165) is 4.96 Å². The molecule has 2 aromatic heterocycles. The predicted molar refractivity (Wildman–Crippen MR) is 73.2 cm³/mol. The Morgan fingerprint density at radius 2 is 2.16 bits per heavy atom. The number of Topliss-reactive ketones (excluding diaryl/α,β-unsaturated/α-hetero) is 1. The predicted octanol–water partition coefficient (Wildman–Crippen LogP) is 2.24. The third-order valence-corrected chi connectivity index (χ3v) is 3.69. The van der Waals surface area contributed by atoms with Crippen LogP contribution in [0.5, 0.6) is 0 Å². The molecule has 5 heteroatoms. The number of rotatable bonds is 4. The molecule has 3 rings (SSSR count). The number of aliphatic hydroxyl groups is 1. The summed E-state index contributed by atoms with van der Waals surface area (Å²) in [5.74, 6) is -0.239. The molecule has 1 N–H and O–H groups in total. The van der Waals surface area contributed by atoms with E-state index in [1.165, 1.54) is 11.3 Å². The lowest BCUT2D eigenvalue weighted by molar-refractivity contribution is -0.126. The van der Waals surface area contributed by atoms with Crippen molar-refractivity contribution in [2.45, 2.75) is 12.5 Å². The van der Waals surface area contributed by atoms with Gasteiger partial charge in [-0.05, 0) is 5.56 Å². The van der Waals surface area contributed by atoms with Crippen LogP contribution >= 0.6 is 11.3 Å². The fraction of sp³-hybridized carbons (Fsp3) is 0.143. The molecule has 0 saturated heterocycles. The molecule has 0 bridgehead atoms. The highest BCUT2D eigenvalue weighted by molar-refractivity contribution is 7.15. The lowest BCUT2D eigenvalue weighted by Crippen LogP contribution is -2.14. The second-order valence-electron chi connectivity index (χ2n) is 4.28. The number of benzene rings is 1. The maximum absolute atomic E-state index is 12.0. The molecule has 0 saturated carbocycles. The number of fused-ring (bicyclic) bond motifs is 1. The van der Waals surface area contributed by atoms with Gasteiger partial charge < -0.3 is 5.11 Å². The maximum Gasteiger partial charge on any atom is 0.193 e. The SMILES string of the molecule is O=C(Cc1cn2ccsc2n1)C(O)c1ccccc1. The van der Waals surface area contributed by atoms with Crippen molar-refractivity contribution in [3.05, 3.63) is 59.4 Å². The summed E-state index contributed by atoms with van der Waals surface area (Å²) >= 11 is 1.52. The van der Waals surface area contributed by atoms with Gasteiger partial charge in [-0.2, -0.15) is 0 Å². The van der Waals surface area contributed by atoms with Crippen molar-refractivity contribution >= 4 is 22.1 Å². The zero-order chi connectivity index (χ0) is 13.2. The number of thiazole rings is 1. The minimum Gasteiger partial charge on any atom is -0.381 e. The first-order valence-corrected chi connectivity index (χ1v) is 6.79. The summed E-state index contributed by atoms with van der Waals surface area (Å²) in [6, 6.07) is 8.95. The fourth-order valence-corrected chi connectivity index (χ4v) is 2.68. The fourth-order valence-electron chi connectivity index (χ4n) is 1.96. The Balaban J connectivity index is 1.76.